The van der Waals surface area contributed by atoms with E-state index in [0.29, 0.717) is 11.3 Å². The van der Waals surface area contributed by atoms with Gasteiger partial charge in [-0.2, -0.15) is 0 Å². The van der Waals surface area contributed by atoms with Gasteiger partial charge < -0.3 is 15.7 Å². The molecule has 0 radical (unpaired) electrons. The van der Waals surface area contributed by atoms with Crippen LogP contribution in [-0.2, 0) is 9.59 Å². The first-order valence-electron chi connectivity index (χ1n) is 5.59. The van der Waals surface area contributed by atoms with E-state index in [2.05, 4.69) is 10.6 Å². The van der Waals surface area contributed by atoms with Gasteiger partial charge in [-0.15, -0.1) is 11.8 Å². The van der Waals surface area contributed by atoms with E-state index in [1.54, 1.807) is 25.1 Å². The molecule has 1 unspecified atom stereocenters. The molecule has 1 heterocycles. The van der Waals surface area contributed by atoms with Crippen LogP contribution >= 0.6 is 11.8 Å². The van der Waals surface area contributed by atoms with Gasteiger partial charge in [0.05, 0.1) is 10.9 Å². The van der Waals surface area contributed by atoms with Crippen LogP contribution in [0.1, 0.15) is 17.3 Å². The first-order valence-corrected chi connectivity index (χ1v) is 6.47. The number of nitrogens with one attached hydrogen (secondary N) is 2. The maximum atomic E-state index is 11.7. The van der Waals surface area contributed by atoms with Gasteiger partial charge in [-0.05, 0) is 25.1 Å². The van der Waals surface area contributed by atoms with Crippen LogP contribution in [0, 0.1) is 0 Å². The number of amides is 2. The number of thioether (sulfide) groups is 1. The van der Waals surface area contributed by atoms with E-state index in [0.717, 1.165) is 4.90 Å². The SMILES string of the molecule is CC1Sc2ccc(C(=O)NCC(=O)O)cc2NC1=O. The Bertz CT molecular complexity index is 559. The number of fused-ring (bicyclic) bond motifs is 1. The maximum absolute atomic E-state index is 11.7. The summed E-state index contributed by atoms with van der Waals surface area (Å²) in [6.07, 6.45) is 0. The summed E-state index contributed by atoms with van der Waals surface area (Å²) in [4.78, 5) is 34.5. The number of carboxylic acid groups (broad SMARTS) is 1. The first-order chi connectivity index (χ1) is 8.97. The summed E-state index contributed by atoms with van der Waals surface area (Å²) < 4.78 is 0. The maximum Gasteiger partial charge on any atom is 0.322 e. The number of hydrogen-bond donors (Lipinski definition) is 3. The molecule has 6 nitrogen and oxygen atoms in total. The molecule has 0 fully saturated rings. The quantitative estimate of drug-likeness (QED) is 0.765. The van der Waals surface area contributed by atoms with Gasteiger partial charge in [0.25, 0.3) is 5.91 Å². The molecule has 2 amide bonds. The number of hydrogen-bond acceptors (Lipinski definition) is 4. The second-order valence-electron chi connectivity index (χ2n) is 4.04. The fourth-order valence-electron chi connectivity index (χ4n) is 1.61. The Hall–Kier alpha value is -2.02. The van der Waals surface area contributed by atoms with Gasteiger partial charge in [0.1, 0.15) is 6.54 Å². The summed E-state index contributed by atoms with van der Waals surface area (Å²) in [7, 11) is 0. The summed E-state index contributed by atoms with van der Waals surface area (Å²) in [6, 6.07) is 4.89. The Kier molecular flexibility index (Phi) is 3.75. The van der Waals surface area contributed by atoms with Crippen molar-refractivity contribution in [3.8, 4) is 0 Å². The van der Waals surface area contributed by atoms with Crippen molar-refractivity contribution < 1.29 is 19.5 Å². The van der Waals surface area contributed by atoms with E-state index in [1.165, 1.54) is 11.8 Å². The van der Waals surface area contributed by atoms with E-state index < -0.39 is 18.4 Å². The van der Waals surface area contributed by atoms with E-state index in [1.807, 2.05) is 0 Å². The highest BCUT2D eigenvalue weighted by molar-refractivity contribution is 8.00. The molecular formula is C12H12N2O4S. The Labute approximate surface area is 113 Å². The number of carboxylic acids is 1. The number of benzene rings is 1. The Balaban J connectivity index is 2.17. The lowest BCUT2D eigenvalue weighted by atomic mass is 10.1. The Morgan fingerprint density at radius 1 is 1.47 bits per heavy atom. The minimum Gasteiger partial charge on any atom is -0.480 e. The van der Waals surface area contributed by atoms with Gasteiger partial charge in [-0.25, -0.2) is 0 Å². The average molecular weight is 280 g/mol. The summed E-state index contributed by atoms with van der Waals surface area (Å²) >= 11 is 1.42. The van der Waals surface area contributed by atoms with Crippen LogP contribution < -0.4 is 10.6 Å². The van der Waals surface area contributed by atoms with Gasteiger partial charge in [0, 0.05) is 10.5 Å². The Morgan fingerprint density at radius 3 is 2.89 bits per heavy atom. The molecule has 1 aliphatic heterocycles. The molecular weight excluding hydrogens is 268 g/mol. The monoisotopic (exact) mass is 280 g/mol. The molecule has 0 aliphatic carbocycles. The van der Waals surface area contributed by atoms with Crippen molar-refractivity contribution in [1.29, 1.82) is 0 Å². The van der Waals surface area contributed by atoms with Crippen molar-refractivity contribution in [2.24, 2.45) is 0 Å². The van der Waals surface area contributed by atoms with Crippen molar-refractivity contribution in [1.82, 2.24) is 5.32 Å². The van der Waals surface area contributed by atoms with E-state index in [9.17, 15) is 14.4 Å². The van der Waals surface area contributed by atoms with Gasteiger partial charge in [0.15, 0.2) is 0 Å². The summed E-state index contributed by atoms with van der Waals surface area (Å²) in [5, 5.41) is 13.3. The molecule has 3 N–H and O–H groups in total. The van der Waals surface area contributed by atoms with Crippen molar-refractivity contribution in [2.45, 2.75) is 17.1 Å². The lowest BCUT2D eigenvalue weighted by Crippen LogP contribution is -2.30. The highest BCUT2D eigenvalue weighted by Crippen LogP contribution is 2.35. The first kappa shape index (κ1) is 13.4. The highest BCUT2D eigenvalue weighted by atomic mass is 32.2. The van der Waals surface area contributed by atoms with Crippen molar-refractivity contribution >= 4 is 35.2 Å². The van der Waals surface area contributed by atoms with Crippen molar-refractivity contribution in [3.63, 3.8) is 0 Å². The lowest BCUT2D eigenvalue weighted by molar-refractivity contribution is -0.135. The van der Waals surface area contributed by atoms with Gasteiger partial charge in [-0.3, -0.25) is 14.4 Å². The molecule has 100 valence electrons. The van der Waals surface area contributed by atoms with E-state index in [4.69, 9.17) is 5.11 Å². The summed E-state index contributed by atoms with van der Waals surface area (Å²) in [5.74, 6) is -1.70. The molecule has 0 aromatic heterocycles. The molecule has 1 aromatic rings. The molecule has 0 saturated heterocycles. The average Bonchev–Trinajstić information content (AvgIpc) is 2.36. The van der Waals surface area contributed by atoms with Crippen molar-refractivity contribution in [3.05, 3.63) is 23.8 Å². The third-order valence-electron chi connectivity index (χ3n) is 2.57. The highest BCUT2D eigenvalue weighted by Gasteiger charge is 2.23. The fourth-order valence-corrected chi connectivity index (χ4v) is 2.54. The molecule has 0 bridgehead atoms. The zero-order chi connectivity index (χ0) is 14.0. The number of aliphatic carboxylic acids is 1. The summed E-state index contributed by atoms with van der Waals surface area (Å²) in [6.45, 7) is 1.37. The Morgan fingerprint density at radius 2 is 2.21 bits per heavy atom. The molecule has 1 aromatic carbocycles. The third-order valence-corrected chi connectivity index (χ3v) is 3.75. The van der Waals surface area contributed by atoms with Crippen LogP contribution in [0.4, 0.5) is 5.69 Å². The van der Waals surface area contributed by atoms with E-state index >= 15 is 0 Å². The number of anilines is 1. The standard InChI is InChI=1S/C12H12N2O4S/c1-6-11(17)14-8-4-7(2-3-9(8)19-6)12(18)13-5-10(15)16/h2-4,6H,5H2,1H3,(H,13,18)(H,14,17)(H,15,16). The summed E-state index contributed by atoms with van der Waals surface area (Å²) in [5.41, 5.74) is 0.895. The molecule has 2 rings (SSSR count). The van der Waals surface area contributed by atoms with E-state index in [-0.39, 0.29) is 11.2 Å². The third kappa shape index (κ3) is 3.05. The number of carbonyl (C=O) groups excluding carboxylic acids is 2. The molecule has 19 heavy (non-hydrogen) atoms. The zero-order valence-corrected chi connectivity index (χ0v) is 10.9. The second kappa shape index (κ2) is 5.31. The molecule has 0 saturated carbocycles. The second-order valence-corrected chi connectivity index (χ2v) is 5.42. The van der Waals surface area contributed by atoms with Crippen LogP contribution in [0.3, 0.4) is 0 Å². The molecule has 0 spiro atoms. The predicted molar refractivity (Wildman–Crippen MR) is 70.4 cm³/mol. The topological polar surface area (TPSA) is 95.5 Å². The fraction of sp³-hybridized carbons (Fsp3) is 0.250. The smallest absolute Gasteiger partial charge is 0.322 e. The van der Waals surface area contributed by atoms with Crippen LogP contribution in [0.25, 0.3) is 0 Å². The van der Waals surface area contributed by atoms with Crippen LogP contribution in [0.2, 0.25) is 0 Å². The predicted octanol–water partition coefficient (Wildman–Crippen LogP) is 0.934. The van der Waals surface area contributed by atoms with Gasteiger partial charge >= 0.3 is 5.97 Å². The number of carbonyl (C=O) groups is 3. The molecule has 1 atom stereocenters. The molecule has 7 heteroatoms. The van der Waals surface area contributed by atoms with Crippen LogP contribution in [0.15, 0.2) is 23.1 Å². The van der Waals surface area contributed by atoms with Crippen LogP contribution in [-0.4, -0.2) is 34.7 Å². The van der Waals surface area contributed by atoms with Gasteiger partial charge in [-0.1, -0.05) is 0 Å². The van der Waals surface area contributed by atoms with Crippen molar-refractivity contribution in [2.75, 3.05) is 11.9 Å². The lowest BCUT2D eigenvalue weighted by Gasteiger charge is -2.21. The largest absolute Gasteiger partial charge is 0.480 e. The minimum absolute atomic E-state index is 0.111. The van der Waals surface area contributed by atoms with Crippen LogP contribution in [0.5, 0.6) is 0 Å². The zero-order valence-electron chi connectivity index (χ0n) is 10.1. The van der Waals surface area contributed by atoms with Gasteiger partial charge in [0.2, 0.25) is 5.91 Å². The number of rotatable bonds is 3. The minimum atomic E-state index is -1.11. The normalized spacial score (nSPS) is 17.3. The molecule has 1 aliphatic rings.